The van der Waals surface area contributed by atoms with Gasteiger partial charge < -0.3 is 15.0 Å². The summed E-state index contributed by atoms with van der Waals surface area (Å²) in [4.78, 5) is 8.21. The van der Waals surface area contributed by atoms with E-state index in [9.17, 15) is 0 Å². The molecular weight excluding hydrogens is 282 g/mol. The maximum atomic E-state index is 5.39. The molecule has 1 saturated heterocycles. The molecule has 1 aromatic heterocycles. The van der Waals surface area contributed by atoms with E-state index in [4.69, 9.17) is 4.74 Å². The summed E-state index contributed by atoms with van der Waals surface area (Å²) in [5, 5.41) is 4.78. The van der Waals surface area contributed by atoms with E-state index in [1.54, 1.807) is 16.9 Å². The largest absolute Gasteiger partial charge is 0.378 e. The Morgan fingerprint density at radius 1 is 1.38 bits per heavy atom. The molecule has 1 unspecified atom stereocenters. The van der Waals surface area contributed by atoms with Crippen LogP contribution >= 0.6 is 11.3 Å². The van der Waals surface area contributed by atoms with Crippen LogP contribution in [0.1, 0.15) is 37.5 Å². The summed E-state index contributed by atoms with van der Waals surface area (Å²) in [6.07, 6.45) is 9.66. The zero-order valence-corrected chi connectivity index (χ0v) is 13.6. The number of aromatic nitrogens is 1. The van der Waals surface area contributed by atoms with E-state index in [0.717, 1.165) is 38.0 Å². The molecule has 0 amide bonds. The third-order valence-electron chi connectivity index (χ3n) is 4.29. The molecule has 0 aromatic carbocycles. The maximum Gasteiger partial charge on any atom is 0.185 e. The third-order valence-corrected chi connectivity index (χ3v) is 5.35. The molecule has 1 aliphatic carbocycles. The van der Waals surface area contributed by atoms with E-state index < -0.39 is 0 Å². The molecule has 0 radical (unpaired) electrons. The van der Waals surface area contributed by atoms with Crippen molar-refractivity contribution in [2.24, 2.45) is 0 Å². The van der Waals surface area contributed by atoms with E-state index in [2.05, 4.69) is 28.2 Å². The number of ether oxygens (including phenoxy) is 1. The Balaban J connectivity index is 1.51. The van der Waals surface area contributed by atoms with Gasteiger partial charge in [-0.05, 0) is 32.6 Å². The summed E-state index contributed by atoms with van der Waals surface area (Å²) in [5.41, 5.74) is 1.58. The summed E-state index contributed by atoms with van der Waals surface area (Å²) in [5.74, 6) is 0. The monoisotopic (exact) mass is 307 g/mol. The van der Waals surface area contributed by atoms with Crippen LogP contribution in [-0.2, 0) is 11.3 Å². The number of nitrogens with zero attached hydrogens (tertiary/aromatic N) is 2. The second kappa shape index (κ2) is 7.38. The molecule has 2 heterocycles. The molecule has 3 rings (SSSR count). The number of thiazole rings is 1. The minimum atomic E-state index is 0.485. The molecule has 2 aliphatic rings. The average molecular weight is 307 g/mol. The maximum absolute atomic E-state index is 5.39. The predicted octanol–water partition coefficient (Wildman–Crippen LogP) is 2.96. The highest BCUT2D eigenvalue weighted by molar-refractivity contribution is 7.15. The van der Waals surface area contributed by atoms with Gasteiger partial charge in [0, 0.05) is 36.8 Å². The number of hydrogen-bond acceptors (Lipinski definition) is 5. The lowest BCUT2D eigenvalue weighted by Crippen LogP contribution is -2.36. The van der Waals surface area contributed by atoms with Crippen LogP contribution in [0.4, 0.5) is 5.13 Å². The molecule has 1 N–H and O–H groups in total. The standard InChI is InChI=1S/C16H25N3OS/c1-13(14-5-3-2-4-6-14)17-11-15-12-18-16(21-15)19-7-9-20-10-8-19/h5,12-13,17H,2-4,6-11H2,1H3. The van der Waals surface area contributed by atoms with Gasteiger partial charge in [0.15, 0.2) is 5.13 Å². The van der Waals surface area contributed by atoms with Crippen molar-refractivity contribution in [2.45, 2.75) is 45.2 Å². The highest BCUT2D eigenvalue weighted by Gasteiger charge is 2.15. The Bertz CT molecular complexity index is 480. The van der Waals surface area contributed by atoms with Crippen LogP contribution in [0.3, 0.4) is 0 Å². The Kier molecular flexibility index (Phi) is 5.27. The summed E-state index contributed by atoms with van der Waals surface area (Å²) in [6.45, 7) is 6.76. The van der Waals surface area contributed by atoms with Crippen molar-refractivity contribution in [1.29, 1.82) is 0 Å². The number of rotatable bonds is 5. The minimum Gasteiger partial charge on any atom is -0.378 e. The Morgan fingerprint density at radius 3 is 3.00 bits per heavy atom. The molecule has 0 bridgehead atoms. The predicted molar refractivity (Wildman–Crippen MR) is 88.0 cm³/mol. The summed E-state index contributed by atoms with van der Waals surface area (Å²) >= 11 is 1.81. The fourth-order valence-electron chi connectivity index (χ4n) is 2.92. The first-order valence-electron chi connectivity index (χ1n) is 8.02. The summed E-state index contributed by atoms with van der Waals surface area (Å²) < 4.78 is 5.39. The van der Waals surface area contributed by atoms with E-state index in [-0.39, 0.29) is 0 Å². The number of anilines is 1. The van der Waals surface area contributed by atoms with Gasteiger partial charge >= 0.3 is 0 Å². The number of nitrogens with one attached hydrogen (secondary N) is 1. The second-order valence-corrected chi connectivity index (χ2v) is 6.93. The zero-order valence-electron chi connectivity index (χ0n) is 12.8. The Hall–Kier alpha value is -0.910. The smallest absolute Gasteiger partial charge is 0.185 e. The van der Waals surface area contributed by atoms with Crippen LogP contribution in [-0.4, -0.2) is 37.3 Å². The van der Waals surface area contributed by atoms with Gasteiger partial charge in [0.05, 0.1) is 13.2 Å². The first kappa shape index (κ1) is 15.0. The van der Waals surface area contributed by atoms with Gasteiger partial charge in [-0.1, -0.05) is 11.6 Å². The van der Waals surface area contributed by atoms with Crippen LogP contribution in [0.25, 0.3) is 0 Å². The normalized spacial score (nSPS) is 21.2. The van der Waals surface area contributed by atoms with Crippen molar-refractivity contribution in [3.05, 3.63) is 22.7 Å². The van der Waals surface area contributed by atoms with Crippen LogP contribution in [0.5, 0.6) is 0 Å². The lowest BCUT2D eigenvalue weighted by molar-refractivity contribution is 0.122. The van der Waals surface area contributed by atoms with Gasteiger partial charge in [0.1, 0.15) is 0 Å². The quantitative estimate of drug-likeness (QED) is 0.849. The molecule has 4 nitrogen and oxygen atoms in total. The molecule has 0 spiro atoms. The highest BCUT2D eigenvalue weighted by Crippen LogP contribution is 2.24. The van der Waals surface area contributed by atoms with Gasteiger partial charge in [0.2, 0.25) is 0 Å². The average Bonchev–Trinajstić information content (AvgIpc) is 3.03. The van der Waals surface area contributed by atoms with E-state index >= 15 is 0 Å². The van der Waals surface area contributed by atoms with Crippen molar-refractivity contribution < 1.29 is 4.74 Å². The molecule has 0 saturated carbocycles. The topological polar surface area (TPSA) is 37.4 Å². The lowest BCUT2D eigenvalue weighted by atomic mass is 9.95. The summed E-state index contributed by atoms with van der Waals surface area (Å²) in [7, 11) is 0. The van der Waals surface area contributed by atoms with Crippen LogP contribution in [0, 0.1) is 0 Å². The third kappa shape index (κ3) is 4.05. The number of hydrogen-bond donors (Lipinski definition) is 1. The van der Waals surface area contributed by atoms with Gasteiger partial charge in [-0.3, -0.25) is 0 Å². The van der Waals surface area contributed by atoms with Gasteiger partial charge in [0.25, 0.3) is 0 Å². The fourth-order valence-corrected chi connectivity index (χ4v) is 3.83. The molecule has 5 heteroatoms. The molecule has 116 valence electrons. The van der Waals surface area contributed by atoms with Crippen LogP contribution in [0.15, 0.2) is 17.8 Å². The molecule has 1 fully saturated rings. The first-order valence-corrected chi connectivity index (χ1v) is 8.84. The van der Waals surface area contributed by atoms with E-state index in [0.29, 0.717) is 6.04 Å². The SMILES string of the molecule is CC(NCc1cnc(N2CCOCC2)s1)C1=CCCCC1. The first-order chi connectivity index (χ1) is 10.3. The zero-order chi connectivity index (χ0) is 14.5. The van der Waals surface area contributed by atoms with E-state index in [1.807, 2.05) is 6.20 Å². The molecule has 1 aliphatic heterocycles. The van der Waals surface area contributed by atoms with Crippen LogP contribution < -0.4 is 10.2 Å². The van der Waals surface area contributed by atoms with Gasteiger partial charge in [-0.25, -0.2) is 4.98 Å². The molecular formula is C16H25N3OS. The van der Waals surface area contributed by atoms with Gasteiger partial charge in [-0.15, -0.1) is 11.3 Å². The highest BCUT2D eigenvalue weighted by atomic mass is 32.1. The Morgan fingerprint density at radius 2 is 2.24 bits per heavy atom. The van der Waals surface area contributed by atoms with Gasteiger partial charge in [-0.2, -0.15) is 0 Å². The van der Waals surface area contributed by atoms with Crippen molar-refractivity contribution in [3.63, 3.8) is 0 Å². The van der Waals surface area contributed by atoms with Crippen molar-refractivity contribution in [1.82, 2.24) is 10.3 Å². The van der Waals surface area contributed by atoms with Crippen LogP contribution in [0.2, 0.25) is 0 Å². The lowest BCUT2D eigenvalue weighted by Gasteiger charge is -2.26. The van der Waals surface area contributed by atoms with Crippen molar-refractivity contribution in [3.8, 4) is 0 Å². The molecule has 21 heavy (non-hydrogen) atoms. The van der Waals surface area contributed by atoms with E-state index in [1.165, 1.54) is 30.6 Å². The van der Waals surface area contributed by atoms with Crippen molar-refractivity contribution >= 4 is 16.5 Å². The number of allylic oxidation sites excluding steroid dienone is 1. The van der Waals surface area contributed by atoms with Crippen molar-refractivity contribution in [2.75, 3.05) is 31.2 Å². The Labute approximate surface area is 131 Å². The molecule has 1 aromatic rings. The fraction of sp³-hybridized carbons (Fsp3) is 0.688. The second-order valence-electron chi connectivity index (χ2n) is 5.84. The number of morpholine rings is 1. The molecule has 1 atom stereocenters. The summed E-state index contributed by atoms with van der Waals surface area (Å²) in [6, 6.07) is 0.485. The minimum absolute atomic E-state index is 0.485.